The molecule has 0 unspecified atom stereocenters. The highest BCUT2D eigenvalue weighted by Crippen LogP contribution is 2.58. The predicted molar refractivity (Wildman–Crippen MR) is 344 cm³/mol. The summed E-state index contributed by atoms with van der Waals surface area (Å²) in [7, 11) is 0. The standard InChI is InChI=1S/C76H42F4O14S2/c77-59-25-43-21-49-50(22-44(43)26-60(59)78)66(82)55(65(49)81)29-47-31-63-69(95-47)53-34-58-54(33-57(53)75(93-63,71(85)89-35-39-13-5-1-6-14-39)72(86)90-36-40-15-7-2-8-16-40)70-64(32-48(96-70)30-56-67(83)51-23-45-27-61(79)62(80)28-46(45)24-52(51)68(56)84)94-76(58,73(87)91-37-41-17-9-3-10-18-41)74(88)92-38-42-19-11-4-12-20-42/h1-34H,35-38H2. The van der Waals surface area contributed by atoms with Crippen molar-refractivity contribution in [3.8, 4) is 32.4 Å². The Kier molecular flexibility index (Phi) is 14.9. The van der Waals surface area contributed by atoms with Gasteiger partial charge in [0.25, 0.3) is 0 Å². The minimum atomic E-state index is -2.97. The maximum absolute atomic E-state index is 15.7. The van der Waals surface area contributed by atoms with Gasteiger partial charge >= 0.3 is 35.1 Å². The van der Waals surface area contributed by atoms with Gasteiger partial charge in [0.2, 0.25) is 0 Å². The summed E-state index contributed by atoms with van der Waals surface area (Å²) in [5.74, 6) is -13.4. The average Bonchev–Trinajstić information content (AvgIpc) is 1.16. The van der Waals surface area contributed by atoms with E-state index >= 15 is 19.2 Å². The van der Waals surface area contributed by atoms with E-state index in [1.165, 1.54) is 60.7 Å². The minimum Gasteiger partial charge on any atom is -0.458 e. The van der Waals surface area contributed by atoms with E-state index in [2.05, 4.69) is 0 Å². The fraction of sp³-hybridized carbons (Fsp3) is 0.0789. The van der Waals surface area contributed by atoms with Crippen LogP contribution in [0.4, 0.5) is 17.6 Å². The van der Waals surface area contributed by atoms with Crippen LogP contribution >= 0.6 is 22.7 Å². The van der Waals surface area contributed by atoms with Crippen molar-refractivity contribution in [1.82, 2.24) is 0 Å². The highest BCUT2D eigenvalue weighted by atomic mass is 32.1. The van der Waals surface area contributed by atoms with Crippen LogP contribution in [0.5, 0.6) is 11.5 Å². The Morgan fingerprint density at radius 1 is 0.354 bits per heavy atom. The van der Waals surface area contributed by atoms with Gasteiger partial charge in [-0.15, -0.1) is 22.7 Å². The zero-order valence-corrected chi connectivity index (χ0v) is 51.1. The molecule has 4 aliphatic rings. The molecule has 0 spiro atoms. The van der Waals surface area contributed by atoms with Crippen molar-refractivity contribution in [2.24, 2.45) is 0 Å². The number of esters is 4. The predicted octanol–water partition coefficient (Wildman–Crippen LogP) is 15.1. The molecule has 0 amide bonds. The SMILES string of the molecule is O=C1C(=Cc2cc3c(s2)-c2cc4c(cc2C(C(=O)OCc2ccccc2)(C(=O)OCc2ccccc2)O3)-c2sc(C=C3C(=O)c5cc6cc(F)c(F)cc6cc5C3=O)cc2OC4(C(=O)OCc2ccccc2)C(=O)OCc2ccccc2)C(=O)c2cc3cc(F)c(F)cc3cc21. The maximum atomic E-state index is 15.7. The number of rotatable bonds is 14. The summed E-state index contributed by atoms with van der Waals surface area (Å²) in [6.45, 7) is -1.67. The number of fused-ring (bicyclic) bond motifs is 10. The van der Waals surface area contributed by atoms with Crippen LogP contribution in [-0.2, 0) is 75.8 Å². The quantitative estimate of drug-likeness (QED) is 0.0249. The molecule has 0 atom stereocenters. The first-order valence-electron chi connectivity index (χ1n) is 29.6. The fourth-order valence-electron chi connectivity index (χ4n) is 12.2. The Hall–Kier alpha value is -11.7. The molecule has 0 saturated heterocycles. The molecule has 470 valence electrons. The second-order valence-electron chi connectivity index (χ2n) is 22.9. The molecule has 0 bridgehead atoms. The van der Waals surface area contributed by atoms with E-state index in [0.717, 1.165) is 46.9 Å². The van der Waals surface area contributed by atoms with Crippen molar-refractivity contribution in [2.45, 2.75) is 37.6 Å². The number of thiophene rings is 2. The molecule has 0 fully saturated rings. The summed E-state index contributed by atoms with van der Waals surface area (Å²) in [5, 5.41) is 0.606. The van der Waals surface area contributed by atoms with Crippen molar-refractivity contribution in [3.63, 3.8) is 0 Å². The average molecular weight is 1320 g/mol. The Morgan fingerprint density at radius 2 is 0.615 bits per heavy atom. The molecule has 14 nitrogen and oxygen atoms in total. The van der Waals surface area contributed by atoms with Crippen LogP contribution in [0.25, 0.3) is 54.6 Å². The monoisotopic (exact) mass is 1320 g/mol. The number of hydrogen-bond acceptors (Lipinski definition) is 16. The minimum absolute atomic E-state index is 0.0743. The van der Waals surface area contributed by atoms with Gasteiger partial charge in [-0.25, -0.2) is 36.7 Å². The highest BCUT2D eigenvalue weighted by molar-refractivity contribution is 7.17. The van der Waals surface area contributed by atoms with Gasteiger partial charge in [-0.2, -0.15) is 0 Å². The number of hydrogen-bond donors (Lipinski definition) is 0. The van der Waals surface area contributed by atoms with E-state index in [-0.39, 0.29) is 108 Å². The number of benzene rings is 9. The summed E-state index contributed by atoms with van der Waals surface area (Å²) >= 11 is 1.80. The van der Waals surface area contributed by atoms with E-state index in [1.54, 1.807) is 121 Å². The van der Waals surface area contributed by atoms with Crippen LogP contribution in [0.3, 0.4) is 0 Å². The number of carbonyl (C=O) groups is 8. The fourth-order valence-corrected chi connectivity index (χ4v) is 14.3. The zero-order valence-electron chi connectivity index (χ0n) is 49.5. The van der Waals surface area contributed by atoms with Crippen LogP contribution in [0.1, 0.15) is 84.6 Å². The molecule has 96 heavy (non-hydrogen) atoms. The van der Waals surface area contributed by atoms with Crippen molar-refractivity contribution < 1.29 is 84.3 Å². The number of Topliss-reactive ketones (excluding diaryl/α,β-unsaturated/α-hetero) is 4. The van der Waals surface area contributed by atoms with Gasteiger partial charge in [0, 0.05) is 54.3 Å². The summed E-state index contributed by atoms with van der Waals surface area (Å²) < 4.78 is 96.1. The summed E-state index contributed by atoms with van der Waals surface area (Å²) in [6, 6.07) is 48.2. The molecule has 9 aromatic carbocycles. The molecular formula is C76H42F4O14S2. The van der Waals surface area contributed by atoms with Gasteiger partial charge < -0.3 is 28.4 Å². The molecule has 2 aliphatic heterocycles. The van der Waals surface area contributed by atoms with E-state index in [9.17, 15) is 36.7 Å². The smallest absolute Gasteiger partial charge is 0.367 e. The lowest BCUT2D eigenvalue weighted by Gasteiger charge is -2.39. The van der Waals surface area contributed by atoms with Crippen LogP contribution in [-0.4, -0.2) is 47.0 Å². The Labute approximate surface area is 548 Å². The lowest BCUT2D eigenvalue weighted by Crippen LogP contribution is -2.54. The van der Waals surface area contributed by atoms with Crippen LogP contribution in [0, 0.1) is 23.3 Å². The summed E-state index contributed by atoms with van der Waals surface area (Å²) in [6.07, 6.45) is 2.52. The normalized spacial score (nSPS) is 14.3. The number of ether oxygens (including phenoxy) is 6. The Balaban J connectivity index is 0.952. The third-order valence-electron chi connectivity index (χ3n) is 16.9. The first-order chi connectivity index (χ1) is 46.4. The topological polar surface area (TPSA) is 192 Å². The molecule has 11 aromatic rings. The van der Waals surface area contributed by atoms with Gasteiger partial charge in [0.1, 0.15) is 37.9 Å². The van der Waals surface area contributed by atoms with Gasteiger partial charge in [-0.1, -0.05) is 121 Å². The lowest BCUT2D eigenvalue weighted by molar-refractivity contribution is -0.185. The second kappa shape index (κ2) is 23.7. The molecule has 0 saturated carbocycles. The third kappa shape index (κ3) is 10.2. The van der Waals surface area contributed by atoms with Gasteiger partial charge in [0.15, 0.2) is 46.4 Å². The van der Waals surface area contributed by atoms with E-state index in [0.29, 0.717) is 22.3 Å². The maximum Gasteiger partial charge on any atom is 0.367 e. The highest BCUT2D eigenvalue weighted by Gasteiger charge is 2.62. The number of carbonyl (C=O) groups excluding carboxylic acids is 8. The molecule has 15 rings (SSSR count). The number of ketones is 4. The van der Waals surface area contributed by atoms with Gasteiger partial charge in [-0.05, 0) is 129 Å². The molecule has 2 aromatic heterocycles. The second-order valence-corrected chi connectivity index (χ2v) is 25.1. The van der Waals surface area contributed by atoms with Crippen LogP contribution < -0.4 is 9.47 Å². The van der Waals surface area contributed by atoms with E-state index in [1.807, 2.05) is 0 Å². The zero-order chi connectivity index (χ0) is 66.3. The van der Waals surface area contributed by atoms with Crippen LogP contribution in [0.15, 0.2) is 205 Å². The molecular weight excluding hydrogens is 1280 g/mol. The third-order valence-corrected chi connectivity index (χ3v) is 19.1. The Bertz CT molecular complexity index is 4730. The lowest BCUT2D eigenvalue weighted by atomic mass is 9.78. The molecule has 0 radical (unpaired) electrons. The van der Waals surface area contributed by atoms with Crippen molar-refractivity contribution in [1.29, 1.82) is 0 Å². The van der Waals surface area contributed by atoms with Crippen molar-refractivity contribution in [2.75, 3.05) is 0 Å². The van der Waals surface area contributed by atoms with Gasteiger partial charge in [-0.3, -0.25) is 19.2 Å². The first kappa shape index (κ1) is 60.5. The van der Waals surface area contributed by atoms with Gasteiger partial charge in [0.05, 0.1) is 20.9 Å². The largest absolute Gasteiger partial charge is 0.458 e. The van der Waals surface area contributed by atoms with Crippen LogP contribution in [0.2, 0.25) is 0 Å². The number of halogens is 4. The first-order valence-corrected chi connectivity index (χ1v) is 31.3. The van der Waals surface area contributed by atoms with E-state index in [4.69, 9.17) is 28.4 Å². The molecule has 4 heterocycles. The number of allylic oxidation sites excluding steroid dienone is 2. The molecule has 0 N–H and O–H groups in total. The van der Waals surface area contributed by atoms with Crippen molar-refractivity contribution in [3.05, 3.63) is 294 Å². The van der Waals surface area contributed by atoms with Crippen molar-refractivity contribution >= 4 is 103 Å². The summed E-state index contributed by atoms with van der Waals surface area (Å²) in [5.41, 5.74) is -5.74. The molecule has 20 heteroatoms. The Morgan fingerprint density at radius 3 is 0.875 bits per heavy atom. The van der Waals surface area contributed by atoms with E-state index < -0.39 is 108 Å². The summed E-state index contributed by atoms with van der Waals surface area (Å²) in [4.78, 5) is 121. The molecule has 2 aliphatic carbocycles.